The molecule has 0 aliphatic rings. The number of para-hydroxylation sites is 1. The number of hydrogen-bond acceptors (Lipinski definition) is 4. The maximum atomic E-state index is 12.4. The third-order valence-electron chi connectivity index (χ3n) is 3.76. The number of carbonyl (C=O) groups excluding carboxylic acids is 1. The van der Waals surface area contributed by atoms with Crippen LogP contribution in [0, 0.1) is 6.92 Å². The Morgan fingerprint density at radius 3 is 2.62 bits per heavy atom. The minimum Gasteiger partial charge on any atom is -0.493 e. The highest BCUT2D eigenvalue weighted by Gasteiger charge is 2.17. The Morgan fingerprint density at radius 1 is 1.17 bits per heavy atom. The van der Waals surface area contributed by atoms with Crippen LogP contribution in [0.25, 0.3) is 11.0 Å². The molecular formula is C18H15NO5. The summed E-state index contributed by atoms with van der Waals surface area (Å²) in [5, 5.41) is 12.6. The fourth-order valence-corrected chi connectivity index (χ4v) is 2.50. The monoisotopic (exact) mass is 325 g/mol. The van der Waals surface area contributed by atoms with Crippen LogP contribution < -0.4 is 10.1 Å². The number of anilines is 1. The van der Waals surface area contributed by atoms with Crippen LogP contribution in [0.4, 0.5) is 5.69 Å². The summed E-state index contributed by atoms with van der Waals surface area (Å²) in [5.41, 5.74) is 1.53. The van der Waals surface area contributed by atoms with E-state index in [9.17, 15) is 9.59 Å². The summed E-state index contributed by atoms with van der Waals surface area (Å²) in [4.78, 5) is 23.6. The maximum absolute atomic E-state index is 12.4. The number of carbonyl (C=O) groups is 2. The van der Waals surface area contributed by atoms with E-state index in [2.05, 4.69) is 5.32 Å². The second-order valence-electron chi connectivity index (χ2n) is 5.23. The lowest BCUT2D eigenvalue weighted by atomic mass is 10.1. The van der Waals surface area contributed by atoms with Crippen molar-refractivity contribution in [3.63, 3.8) is 0 Å². The van der Waals surface area contributed by atoms with Crippen LogP contribution in [-0.2, 0) is 0 Å². The van der Waals surface area contributed by atoms with Crippen LogP contribution in [0.5, 0.6) is 5.75 Å². The zero-order valence-electron chi connectivity index (χ0n) is 13.1. The predicted octanol–water partition coefficient (Wildman–Crippen LogP) is 3.70. The quantitative estimate of drug-likeness (QED) is 0.763. The topological polar surface area (TPSA) is 88.8 Å². The van der Waals surface area contributed by atoms with E-state index in [1.54, 1.807) is 37.3 Å². The lowest BCUT2D eigenvalue weighted by Gasteiger charge is -2.09. The smallest absolute Gasteiger partial charge is 0.336 e. The molecule has 1 aromatic heterocycles. The summed E-state index contributed by atoms with van der Waals surface area (Å²) in [7, 11) is 1.53. The SMILES string of the molecule is COc1cccc2cc(C(=O)Nc3cccc(C(=O)O)c3C)oc12. The third-order valence-corrected chi connectivity index (χ3v) is 3.76. The summed E-state index contributed by atoms with van der Waals surface area (Å²) in [6.07, 6.45) is 0. The van der Waals surface area contributed by atoms with Crippen molar-refractivity contribution in [1.29, 1.82) is 0 Å². The van der Waals surface area contributed by atoms with Gasteiger partial charge in [0.15, 0.2) is 17.1 Å². The molecule has 0 atom stereocenters. The normalized spacial score (nSPS) is 10.6. The van der Waals surface area contributed by atoms with Crippen LogP contribution in [0.2, 0.25) is 0 Å². The lowest BCUT2D eigenvalue weighted by Crippen LogP contribution is -2.13. The Hall–Kier alpha value is -3.28. The number of ether oxygens (including phenoxy) is 1. The number of nitrogens with one attached hydrogen (secondary N) is 1. The maximum Gasteiger partial charge on any atom is 0.336 e. The largest absolute Gasteiger partial charge is 0.493 e. The van der Waals surface area contributed by atoms with Crippen LogP contribution >= 0.6 is 0 Å². The van der Waals surface area contributed by atoms with Gasteiger partial charge in [-0.1, -0.05) is 18.2 Å². The molecule has 0 saturated heterocycles. The molecule has 0 fully saturated rings. The molecule has 24 heavy (non-hydrogen) atoms. The average molecular weight is 325 g/mol. The Morgan fingerprint density at radius 2 is 1.92 bits per heavy atom. The first-order valence-corrected chi connectivity index (χ1v) is 7.22. The van der Waals surface area contributed by atoms with Gasteiger partial charge < -0.3 is 19.6 Å². The third kappa shape index (κ3) is 2.69. The molecule has 0 bridgehead atoms. The highest BCUT2D eigenvalue weighted by atomic mass is 16.5. The van der Waals surface area contributed by atoms with Gasteiger partial charge in [0.1, 0.15) is 0 Å². The fourth-order valence-electron chi connectivity index (χ4n) is 2.50. The number of rotatable bonds is 4. The number of benzene rings is 2. The highest BCUT2D eigenvalue weighted by molar-refractivity contribution is 6.06. The van der Waals surface area contributed by atoms with E-state index >= 15 is 0 Å². The van der Waals surface area contributed by atoms with E-state index in [1.807, 2.05) is 6.07 Å². The second-order valence-corrected chi connectivity index (χ2v) is 5.23. The highest BCUT2D eigenvalue weighted by Crippen LogP contribution is 2.29. The number of carboxylic acid groups (broad SMARTS) is 1. The van der Waals surface area contributed by atoms with E-state index < -0.39 is 11.9 Å². The van der Waals surface area contributed by atoms with E-state index in [1.165, 1.54) is 13.2 Å². The van der Waals surface area contributed by atoms with Crippen molar-refractivity contribution in [2.75, 3.05) is 12.4 Å². The first-order valence-electron chi connectivity index (χ1n) is 7.22. The van der Waals surface area contributed by atoms with Crippen molar-refractivity contribution >= 4 is 28.5 Å². The van der Waals surface area contributed by atoms with Gasteiger partial charge in [-0.2, -0.15) is 0 Å². The van der Waals surface area contributed by atoms with Crippen molar-refractivity contribution < 1.29 is 23.8 Å². The molecule has 3 aromatic rings. The Labute approximate surface area is 137 Å². The van der Waals surface area contributed by atoms with Crippen LogP contribution in [-0.4, -0.2) is 24.1 Å². The Bertz CT molecular complexity index is 942. The lowest BCUT2D eigenvalue weighted by molar-refractivity contribution is 0.0695. The Kier molecular flexibility index (Phi) is 3.95. The predicted molar refractivity (Wildman–Crippen MR) is 88.9 cm³/mol. The van der Waals surface area contributed by atoms with Gasteiger partial charge in [-0.3, -0.25) is 4.79 Å². The molecule has 2 N–H and O–H groups in total. The van der Waals surface area contributed by atoms with Gasteiger partial charge in [-0.25, -0.2) is 4.79 Å². The van der Waals surface area contributed by atoms with E-state index in [-0.39, 0.29) is 11.3 Å². The van der Waals surface area contributed by atoms with Gasteiger partial charge in [-0.15, -0.1) is 0 Å². The van der Waals surface area contributed by atoms with Crippen molar-refractivity contribution in [2.45, 2.75) is 6.92 Å². The molecule has 1 heterocycles. The van der Waals surface area contributed by atoms with Crippen molar-refractivity contribution in [1.82, 2.24) is 0 Å². The van der Waals surface area contributed by atoms with Crippen molar-refractivity contribution in [3.05, 3.63) is 59.4 Å². The van der Waals surface area contributed by atoms with Gasteiger partial charge in [0.25, 0.3) is 5.91 Å². The van der Waals surface area contributed by atoms with Gasteiger partial charge in [0, 0.05) is 11.1 Å². The first-order chi connectivity index (χ1) is 11.5. The zero-order chi connectivity index (χ0) is 17.3. The molecule has 0 aliphatic carbocycles. The molecule has 0 saturated carbocycles. The standard InChI is InChI=1S/C18H15NO5/c1-10-12(18(21)22)6-4-7-13(10)19-17(20)15-9-11-5-3-8-14(23-2)16(11)24-15/h3-9H,1-2H3,(H,19,20)(H,21,22). The van der Waals surface area contributed by atoms with Crippen LogP contribution in [0.15, 0.2) is 46.9 Å². The Balaban J connectivity index is 1.94. The summed E-state index contributed by atoms with van der Waals surface area (Å²) in [6, 6.07) is 11.7. The minimum atomic E-state index is -1.04. The minimum absolute atomic E-state index is 0.120. The molecule has 0 radical (unpaired) electrons. The molecule has 0 aliphatic heterocycles. The van der Waals surface area contributed by atoms with Gasteiger partial charge in [0.05, 0.1) is 12.7 Å². The molecule has 6 heteroatoms. The summed E-state index contributed by atoms with van der Waals surface area (Å²) < 4.78 is 10.8. The summed E-state index contributed by atoms with van der Waals surface area (Å²) in [6.45, 7) is 1.64. The fraction of sp³-hybridized carbons (Fsp3) is 0.111. The molecule has 1 amide bonds. The van der Waals surface area contributed by atoms with Gasteiger partial charge in [-0.05, 0) is 36.8 Å². The first kappa shape index (κ1) is 15.6. The molecule has 3 rings (SSSR count). The molecule has 2 aromatic carbocycles. The van der Waals surface area contributed by atoms with Crippen LogP contribution in [0.3, 0.4) is 0 Å². The average Bonchev–Trinajstić information content (AvgIpc) is 3.00. The number of carboxylic acids is 1. The van der Waals surface area contributed by atoms with Crippen molar-refractivity contribution in [3.8, 4) is 5.75 Å². The number of fused-ring (bicyclic) bond motifs is 1. The van der Waals surface area contributed by atoms with E-state index in [0.717, 1.165) is 5.39 Å². The zero-order valence-corrected chi connectivity index (χ0v) is 13.1. The number of amides is 1. The molecule has 0 unspecified atom stereocenters. The van der Waals surface area contributed by atoms with Gasteiger partial charge >= 0.3 is 5.97 Å². The van der Waals surface area contributed by atoms with Gasteiger partial charge in [0.2, 0.25) is 0 Å². The van der Waals surface area contributed by atoms with Crippen molar-refractivity contribution in [2.24, 2.45) is 0 Å². The molecule has 122 valence electrons. The number of hydrogen-bond donors (Lipinski definition) is 2. The molecule has 6 nitrogen and oxygen atoms in total. The number of methoxy groups -OCH3 is 1. The van der Waals surface area contributed by atoms with Crippen LogP contribution in [0.1, 0.15) is 26.5 Å². The van der Waals surface area contributed by atoms with E-state index in [4.69, 9.17) is 14.3 Å². The molecular weight excluding hydrogens is 310 g/mol. The number of aromatic carboxylic acids is 1. The summed E-state index contributed by atoms with van der Waals surface area (Å²) in [5.74, 6) is -0.846. The van der Waals surface area contributed by atoms with E-state index in [0.29, 0.717) is 22.6 Å². The number of furan rings is 1. The second kappa shape index (κ2) is 6.08. The molecule has 0 spiro atoms. The summed E-state index contributed by atoms with van der Waals surface area (Å²) >= 11 is 0.